The van der Waals surface area contributed by atoms with Crippen molar-refractivity contribution in [3.05, 3.63) is 54.1 Å². The second-order valence-corrected chi connectivity index (χ2v) is 4.59. The number of nitrogen functional groups attached to an aromatic ring is 1. The first-order valence-corrected chi connectivity index (χ1v) is 5.84. The third-order valence-corrected chi connectivity index (χ3v) is 3.27. The summed E-state index contributed by atoms with van der Waals surface area (Å²) in [4.78, 5) is 12.7. The monoisotopic (exact) mass is 245 g/mol. The fourth-order valence-corrected chi connectivity index (χ4v) is 2.44. The Kier molecular flexibility index (Phi) is 3.35. The lowest BCUT2D eigenvalue weighted by atomic mass is 10.2. The minimum absolute atomic E-state index is 0.305. The predicted octanol–water partition coefficient (Wildman–Crippen LogP) is 3.12. The van der Waals surface area contributed by atoms with E-state index >= 15 is 0 Å². The molecule has 0 aliphatic heterocycles. The molecule has 17 heavy (non-hydrogen) atoms. The summed E-state index contributed by atoms with van der Waals surface area (Å²) in [7, 11) is 0. The van der Waals surface area contributed by atoms with Gasteiger partial charge in [-0.25, -0.2) is 4.79 Å². The number of carbonyl (C=O) groups is 1. The molecule has 0 aliphatic carbocycles. The van der Waals surface area contributed by atoms with Crippen molar-refractivity contribution in [2.45, 2.75) is 9.79 Å². The first kappa shape index (κ1) is 11.5. The molecule has 0 saturated heterocycles. The summed E-state index contributed by atoms with van der Waals surface area (Å²) >= 11 is 1.40. The standard InChI is InChI=1S/C13H11NO2S/c14-9-4-3-5-10(8-9)17-12-7-2-1-6-11(12)13(15)16/h1-8H,14H2,(H,15,16). The molecule has 86 valence electrons. The molecule has 2 aromatic rings. The zero-order valence-electron chi connectivity index (χ0n) is 8.96. The summed E-state index contributed by atoms with van der Waals surface area (Å²) in [6.07, 6.45) is 0. The molecule has 0 fully saturated rings. The molecule has 0 unspecified atom stereocenters. The van der Waals surface area contributed by atoms with Gasteiger partial charge in [0, 0.05) is 15.5 Å². The summed E-state index contributed by atoms with van der Waals surface area (Å²) in [5, 5.41) is 9.06. The van der Waals surface area contributed by atoms with Gasteiger partial charge in [-0.2, -0.15) is 0 Å². The summed E-state index contributed by atoms with van der Waals surface area (Å²) in [5.74, 6) is -0.919. The van der Waals surface area contributed by atoms with Gasteiger partial charge in [-0.1, -0.05) is 30.0 Å². The van der Waals surface area contributed by atoms with Gasteiger partial charge in [0.1, 0.15) is 0 Å². The number of hydrogen-bond donors (Lipinski definition) is 2. The Labute approximate surface area is 103 Å². The molecule has 3 N–H and O–H groups in total. The van der Waals surface area contributed by atoms with Gasteiger partial charge in [0.2, 0.25) is 0 Å². The van der Waals surface area contributed by atoms with Gasteiger partial charge in [0.15, 0.2) is 0 Å². The summed E-state index contributed by atoms with van der Waals surface area (Å²) in [5.41, 5.74) is 6.66. The van der Waals surface area contributed by atoms with E-state index in [0.717, 1.165) is 4.90 Å². The van der Waals surface area contributed by atoms with Gasteiger partial charge in [0.05, 0.1) is 5.56 Å². The number of carboxylic acids is 1. The normalized spacial score (nSPS) is 10.1. The zero-order valence-corrected chi connectivity index (χ0v) is 9.78. The lowest BCUT2D eigenvalue weighted by Crippen LogP contribution is -1.97. The molecular weight excluding hydrogens is 234 g/mol. The van der Waals surface area contributed by atoms with Crippen LogP contribution >= 0.6 is 11.8 Å². The molecule has 0 aromatic heterocycles. The van der Waals surface area contributed by atoms with Crippen LogP contribution in [-0.4, -0.2) is 11.1 Å². The van der Waals surface area contributed by atoms with Gasteiger partial charge in [-0.15, -0.1) is 0 Å². The molecule has 0 atom stereocenters. The molecule has 0 bridgehead atoms. The van der Waals surface area contributed by atoms with E-state index in [2.05, 4.69) is 0 Å². The van der Waals surface area contributed by atoms with Gasteiger partial charge in [-0.3, -0.25) is 0 Å². The fourth-order valence-electron chi connectivity index (χ4n) is 1.44. The van der Waals surface area contributed by atoms with Gasteiger partial charge < -0.3 is 10.8 Å². The molecule has 0 spiro atoms. The third-order valence-electron chi connectivity index (χ3n) is 2.20. The topological polar surface area (TPSA) is 63.3 Å². The highest BCUT2D eigenvalue weighted by Gasteiger charge is 2.09. The molecule has 0 heterocycles. The Morgan fingerprint density at radius 1 is 1.12 bits per heavy atom. The van der Waals surface area contributed by atoms with Gasteiger partial charge in [0.25, 0.3) is 0 Å². The Morgan fingerprint density at radius 3 is 2.59 bits per heavy atom. The van der Waals surface area contributed by atoms with E-state index in [4.69, 9.17) is 10.8 Å². The first-order chi connectivity index (χ1) is 8.16. The third kappa shape index (κ3) is 2.79. The zero-order chi connectivity index (χ0) is 12.3. The largest absolute Gasteiger partial charge is 0.478 e. The predicted molar refractivity (Wildman–Crippen MR) is 68.4 cm³/mol. The Hall–Kier alpha value is -1.94. The highest BCUT2D eigenvalue weighted by Crippen LogP contribution is 2.31. The van der Waals surface area contributed by atoms with Crippen molar-refractivity contribution < 1.29 is 9.90 Å². The van der Waals surface area contributed by atoms with Gasteiger partial charge in [-0.05, 0) is 30.3 Å². The fraction of sp³-hybridized carbons (Fsp3) is 0. The Balaban J connectivity index is 2.33. The highest BCUT2D eigenvalue weighted by atomic mass is 32.2. The molecule has 2 rings (SSSR count). The number of hydrogen-bond acceptors (Lipinski definition) is 3. The van der Waals surface area contributed by atoms with E-state index in [1.807, 2.05) is 24.3 Å². The maximum absolute atomic E-state index is 11.0. The van der Waals surface area contributed by atoms with E-state index in [9.17, 15) is 4.79 Å². The Morgan fingerprint density at radius 2 is 1.88 bits per heavy atom. The molecule has 0 radical (unpaired) electrons. The molecule has 4 heteroatoms. The number of rotatable bonds is 3. The average Bonchev–Trinajstić information content (AvgIpc) is 2.29. The van der Waals surface area contributed by atoms with Crippen LogP contribution < -0.4 is 5.73 Å². The van der Waals surface area contributed by atoms with E-state index in [-0.39, 0.29) is 0 Å². The van der Waals surface area contributed by atoms with Crippen LogP contribution in [-0.2, 0) is 0 Å². The van der Waals surface area contributed by atoms with Crippen LogP contribution in [0.15, 0.2) is 58.3 Å². The Bertz CT molecular complexity index is 555. The van der Waals surface area contributed by atoms with Crippen LogP contribution in [0.1, 0.15) is 10.4 Å². The van der Waals surface area contributed by atoms with Crippen molar-refractivity contribution in [3.8, 4) is 0 Å². The maximum atomic E-state index is 11.0. The number of anilines is 1. The second-order valence-electron chi connectivity index (χ2n) is 3.48. The van der Waals surface area contributed by atoms with Crippen LogP contribution in [0, 0.1) is 0 Å². The van der Waals surface area contributed by atoms with Crippen LogP contribution in [0.3, 0.4) is 0 Å². The van der Waals surface area contributed by atoms with Crippen LogP contribution in [0.4, 0.5) is 5.69 Å². The minimum Gasteiger partial charge on any atom is -0.478 e. The highest BCUT2D eigenvalue weighted by molar-refractivity contribution is 7.99. The van der Waals surface area contributed by atoms with E-state index < -0.39 is 5.97 Å². The van der Waals surface area contributed by atoms with Crippen molar-refractivity contribution in [1.82, 2.24) is 0 Å². The van der Waals surface area contributed by atoms with Crippen LogP contribution in [0.2, 0.25) is 0 Å². The van der Waals surface area contributed by atoms with Crippen molar-refractivity contribution >= 4 is 23.4 Å². The van der Waals surface area contributed by atoms with Crippen LogP contribution in [0.5, 0.6) is 0 Å². The summed E-state index contributed by atoms with van der Waals surface area (Å²) in [6, 6.07) is 14.3. The van der Waals surface area contributed by atoms with Crippen molar-refractivity contribution in [2.24, 2.45) is 0 Å². The first-order valence-electron chi connectivity index (χ1n) is 5.02. The minimum atomic E-state index is -0.919. The quantitative estimate of drug-likeness (QED) is 0.815. The number of benzene rings is 2. The van der Waals surface area contributed by atoms with Crippen molar-refractivity contribution in [2.75, 3.05) is 5.73 Å². The smallest absolute Gasteiger partial charge is 0.336 e. The molecule has 3 nitrogen and oxygen atoms in total. The molecule has 0 amide bonds. The maximum Gasteiger partial charge on any atom is 0.336 e. The SMILES string of the molecule is Nc1cccc(Sc2ccccc2C(=O)O)c1. The number of carboxylic acid groups (broad SMARTS) is 1. The second kappa shape index (κ2) is 4.93. The lowest BCUT2D eigenvalue weighted by molar-refractivity contribution is 0.0693. The van der Waals surface area contributed by atoms with E-state index in [0.29, 0.717) is 16.1 Å². The molecule has 2 aromatic carbocycles. The molecule has 0 aliphatic rings. The van der Waals surface area contributed by atoms with Crippen LogP contribution in [0.25, 0.3) is 0 Å². The average molecular weight is 245 g/mol. The molecule has 0 saturated carbocycles. The number of aromatic carboxylic acids is 1. The summed E-state index contributed by atoms with van der Waals surface area (Å²) in [6.45, 7) is 0. The van der Waals surface area contributed by atoms with E-state index in [1.54, 1.807) is 24.3 Å². The summed E-state index contributed by atoms with van der Waals surface area (Å²) < 4.78 is 0. The van der Waals surface area contributed by atoms with E-state index in [1.165, 1.54) is 11.8 Å². The molecular formula is C13H11NO2S. The number of nitrogens with two attached hydrogens (primary N) is 1. The lowest BCUT2D eigenvalue weighted by Gasteiger charge is -2.05. The van der Waals surface area contributed by atoms with Gasteiger partial charge >= 0.3 is 5.97 Å². The van der Waals surface area contributed by atoms with Crippen molar-refractivity contribution in [1.29, 1.82) is 0 Å². The van der Waals surface area contributed by atoms with Crippen molar-refractivity contribution in [3.63, 3.8) is 0 Å².